The van der Waals surface area contributed by atoms with E-state index in [1.807, 2.05) is 0 Å². The highest BCUT2D eigenvalue weighted by Crippen LogP contribution is 2.12. The van der Waals surface area contributed by atoms with Crippen LogP contribution in [0.4, 0.5) is 4.39 Å². The number of amides is 2. The summed E-state index contributed by atoms with van der Waals surface area (Å²) in [6, 6.07) is 12.2. The molecule has 0 saturated heterocycles. The van der Waals surface area contributed by atoms with Gasteiger partial charge in [-0.2, -0.15) is 0 Å². The minimum atomic E-state index is -0.859. The first-order valence-electron chi connectivity index (χ1n) is 8.68. The third kappa shape index (κ3) is 7.45. The zero-order valence-electron chi connectivity index (χ0n) is 15.1. The molecule has 28 heavy (non-hydrogen) atoms. The van der Waals surface area contributed by atoms with Gasteiger partial charge in [0, 0.05) is 18.5 Å². The third-order valence-corrected chi connectivity index (χ3v) is 3.71. The highest BCUT2D eigenvalue weighted by molar-refractivity contribution is 5.96. The fraction of sp³-hybridized carbons (Fsp3) is 0.250. The Bertz CT molecular complexity index is 824. The summed E-state index contributed by atoms with van der Waals surface area (Å²) < 4.78 is 18.5. The second-order valence-corrected chi connectivity index (χ2v) is 5.96. The number of benzene rings is 2. The zero-order valence-corrected chi connectivity index (χ0v) is 15.1. The Morgan fingerprint density at radius 3 is 2.46 bits per heavy atom. The molecule has 2 rings (SSSR count). The minimum absolute atomic E-state index is 0.0554. The van der Waals surface area contributed by atoms with Gasteiger partial charge in [-0.05, 0) is 42.3 Å². The van der Waals surface area contributed by atoms with Crippen molar-refractivity contribution in [3.05, 3.63) is 65.5 Å². The Kier molecular flexibility index (Phi) is 7.95. The van der Waals surface area contributed by atoms with Crippen molar-refractivity contribution in [1.82, 2.24) is 10.6 Å². The summed E-state index contributed by atoms with van der Waals surface area (Å²) in [6.07, 6.45) is 0.481. The lowest BCUT2D eigenvalue weighted by Crippen LogP contribution is -2.36. The molecule has 7 nitrogen and oxygen atoms in total. The van der Waals surface area contributed by atoms with Gasteiger partial charge in [0.05, 0.1) is 13.2 Å². The molecule has 0 unspecified atom stereocenters. The fourth-order valence-corrected chi connectivity index (χ4v) is 2.27. The van der Waals surface area contributed by atoms with Crippen molar-refractivity contribution < 1.29 is 28.6 Å². The van der Waals surface area contributed by atoms with Gasteiger partial charge < -0.3 is 20.5 Å². The van der Waals surface area contributed by atoms with Crippen molar-refractivity contribution in [2.24, 2.45) is 0 Å². The average Bonchev–Trinajstić information content (AvgIpc) is 2.68. The van der Waals surface area contributed by atoms with Crippen LogP contribution < -0.4 is 15.4 Å². The maximum absolute atomic E-state index is 13.1. The Labute approximate surface area is 161 Å². The van der Waals surface area contributed by atoms with Crippen molar-refractivity contribution >= 4 is 17.8 Å². The van der Waals surface area contributed by atoms with E-state index in [1.165, 1.54) is 18.2 Å². The lowest BCUT2D eigenvalue weighted by molar-refractivity contribution is -0.137. The van der Waals surface area contributed by atoms with Gasteiger partial charge in [0.15, 0.2) is 0 Å². The van der Waals surface area contributed by atoms with E-state index in [2.05, 4.69) is 10.6 Å². The van der Waals surface area contributed by atoms with Crippen LogP contribution in [-0.2, 0) is 16.1 Å². The molecule has 148 valence electrons. The molecule has 8 heteroatoms. The van der Waals surface area contributed by atoms with Crippen LogP contribution in [-0.4, -0.2) is 36.0 Å². The van der Waals surface area contributed by atoms with Crippen molar-refractivity contribution in [1.29, 1.82) is 0 Å². The molecule has 0 atom stereocenters. The summed E-state index contributed by atoms with van der Waals surface area (Å²) >= 11 is 0. The highest BCUT2D eigenvalue weighted by atomic mass is 19.1. The molecule has 0 bridgehead atoms. The monoisotopic (exact) mass is 388 g/mol. The van der Waals surface area contributed by atoms with Crippen LogP contribution in [0.5, 0.6) is 5.75 Å². The molecule has 3 N–H and O–H groups in total. The van der Waals surface area contributed by atoms with Crippen molar-refractivity contribution in [3.8, 4) is 5.75 Å². The van der Waals surface area contributed by atoms with Gasteiger partial charge in [0.1, 0.15) is 11.6 Å². The molecule has 0 aliphatic heterocycles. The molecule has 0 saturated carbocycles. The van der Waals surface area contributed by atoms with Crippen LogP contribution in [0.25, 0.3) is 0 Å². The van der Waals surface area contributed by atoms with Crippen LogP contribution in [0.1, 0.15) is 28.8 Å². The van der Waals surface area contributed by atoms with Crippen LogP contribution >= 0.6 is 0 Å². The summed E-state index contributed by atoms with van der Waals surface area (Å²) in [6.45, 7) is 0.363. The standard InChI is InChI=1S/C20H21FN2O5/c21-16-4-1-3-15(11-16)20(27)23-13-18(24)22-12-14-6-8-17(9-7-14)28-10-2-5-19(25)26/h1,3-4,6-9,11H,2,5,10,12-13H2,(H,22,24)(H,23,27)(H,25,26). The number of carbonyl (C=O) groups excluding carboxylic acids is 2. The number of halogens is 1. The number of carboxylic acid groups (broad SMARTS) is 1. The average molecular weight is 388 g/mol. The third-order valence-electron chi connectivity index (χ3n) is 3.71. The lowest BCUT2D eigenvalue weighted by Gasteiger charge is -2.09. The number of carbonyl (C=O) groups is 3. The van der Waals surface area contributed by atoms with E-state index in [1.54, 1.807) is 24.3 Å². The van der Waals surface area contributed by atoms with Gasteiger partial charge in [-0.15, -0.1) is 0 Å². The molecule has 0 aliphatic carbocycles. The Morgan fingerprint density at radius 2 is 1.79 bits per heavy atom. The van der Waals surface area contributed by atoms with E-state index in [-0.39, 0.29) is 31.0 Å². The summed E-state index contributed by atoms with van der Waals surface area (Å²) in [5.74, 6) is -1.67. The normalized spacial score (nSPS) is 10.2. The van der Waals surface area contributed by atoms with E-state index < -0.39 is 17.7 Å². The first-order chi connectivity index (χ1) is 13.4. The second kappa shape index (κ2) is 10.7. The van der Waals surface area contributed by atoms with Crippen LogP contribution in [0.2, 0.25) is 0 Å². The maximum atomic E-state index is 13.1. The number of hydrogen-bond acceptors (Lipinski definition) is 4. The number of nitrogens with one attached hydrogen (secondary N) is 2. The summed E-state index contributed by atoms with van der Waals surface area (Å²) in [4.78, 5) is 34.1. The number of ether oxygens (including phenoxy) is 1. The largest absolute Gasteiger partial charge is 0.494 e. The van der Waals surface area contributed by atoms with Crippen LogP contribution in [0.3, 0.4) is 0 Å². The molecule has 2 aromatic rings. The van der Waals surface area contributed by atoms with Gasteiger partial charge in [0.2, 0.25) is 5.91 Å². The van der Waals surface area contributed by atoms with Crippen LogP contribution in [0.15, 0.2) is 48.5 Å². The topological polar surface area (TPSA) is 105 Å². The first kappa shape index (κ1) is 20.9. The Hall–Kier alpha value is -3.42. The van der Waals surface area contributed by atoms with Gasteiger partial charge in [0.25, 0.3) is 5.91 Å². The Balaban J connectivity index is 1.69. The predicted molar refractivity (Wildman–Crippen MR) is 99.4 cm³/mol. The minimum Gasteiger partial charge on any atom is -0.494 e. The first-order valence-corrected chi connectivity index (χ1v) is 8.68. The molecule has 2 aromatic carbocycles. The molecule has 0 heterocycles. The van der Waals surface area contributed by atoms with Crippen molar-refractivity contribution in [2.45, 2.75) is 19.4 Å². The van der Waals surface area contributed by atoms with Gasteiger partial charge >= 0.3 is 5.97 Å². The number of carboxylic acids is 1. The second-order valence-electron chi connectivity index (χ2n) is 5.96. The zero-order chi connectivity index (χ0) is 20.4. The SMILES string of the molecule is O=C(O)CCCOc1ccc(CNC(=O)CNC(=O)c2cccc(F)c2)cc1. The number of hydrogen-bond donors (Lipinski definition) is 3. The summed E-state index contributed by atoms with van der Waals surface area (Å²) in [5.41, 5.74) is 0.981. The molecule has 2 amide bonds. The van der Waals surface area contributed by atoms with Crippen molar-refractivity contribution in [3.63, 3.8) is 0 Å². The van der Waals surface area contributed by atoms with E-state index in [0.717, 1.165) is 11.6 Å². The molecular weight excluding hydrogens is 367 g/mol. The van der Waals surface area contributed by atoms with Gasteiger partial charge in [-0.25, -0.2) is 4.39 Å². The Morgan fingerprint density at radius 1 is 1.04 bits per heavy atom. The summed E-state index contributed by atoms with van der Waals surface area (Å²) in [5, 5.41) is 13.7. The molecule has 0 aromatic heterocycles. The van der Waals surface area contributed by atoms with Gasteiger partial charge in [-0.3, -0.25) is 14.4 Å². The van der Waals surface area contributed by atoms with Gasteiger partial charge in [-0.1, -0.05) is 18.2 Å². The molecule has 0 aliphatic rings. The van der Waals surface area contributed by atoms with Crippen LogP contribution in [0, 0.1) is 5.82 Å². The molecule has 0 spiro atoms. The smallest absolute Gasteiger partial charge is 0.303 e. The molecule has 0 fully saturated rings. The highest BCUT2D eigenvalue weighted by Gasteiger charge is 2.08. The molecule has 0 radical (unpaired) electrons. The maximum Gasteiger partial charge on any atom is 0.303 e. The van der Waals surface area contributed by atoms with E-state index in [4.69, 9.17) is 9.84 Å². The van der Waals surface area contributed by atoms with E-state index in [9.17, 15) is 18.8 Å². The predicted octanol–water partition coefficient (Wildman–Crippen LogP) is 2.12. The van der Waals surface area contributed by atoms with E-state index >= 15 is 0 Å². The fourth-order valence-electron chi connectivity index (χ4n) is 2.27. The number of aliphatic carboxylic acids is 1. The lowest BCUT2D eigenvalue weighted by atomic mass is 10.2. The molecular formula is C20H21FN2O5. The van der Waals surface area contributed by atoms with Crippen molar-refractivity contribution in [2.75, 3.05) is 13.2 Å². The summed E-state index contributed by atoms with van der Waals surface area (Å²) in [7, 11) is 0. The van der Waals surface area contributed by atoms with E-state index in [0.29, 0.717) is 18.8 Å². The number of rotatable bonds is 10. The quantitative estimate of drug-likeness (QED) is 0.541.